The van der Waals surface area contributed by atoms with Crippen LogP contribution in [0.5, 0.6) is 11.8 Å². The van der Waals surface area contributed by atoms with Crippen molar-refractivity contribution in [3.8, 4) is 11.8 Å². The van der Waals surface area contributed by atoms with E-state index in [1.807, 2.05) is 19.1 Å². The van der Waals surface area contributed by atoms with Crippen LogP contribution in [0.3, 0.4) is 0 Å². The maximum Gasteiger partial charge on any atom is 1.00 e. The first kappa shape index (κ1) is 53.1. The molecule has 4 aromatic rings. The molecule has 0 radical (unpaired) electrons. The molecule has 0 unspecified atom stereocenters. The summed E-state index contributed by atoms with van der Waals surface area (Å²) in [5.74, 6) is 1.94. The fourth-order valence-electron chi connectivity index (χ4n) is 10.3. The molecule has 0 amide bonds. The topological polar surface area (TPSA) is 170 Å². The molecule has 4 heterocycles. The van der Waals surface area contributed by atoms with E-state index in [-0.39, 0.29) is 54.3 Å². The number of hydrogen-bond donors (Lipinski definition) is 1. The van der Waals surface area contributed by atoms with Gasteiger partial charge in [0.25, 0.3) is 0 Å². The molecule has 0 atom stereocenters. The van der Waals surface area contributed by atoms with Gasteiger partial charge in [-0.2, -0.15) is 0 Å². The molecule has 2 saturated heterocycles. The van der Waals surface area contributed by atoms with Gasteiger partial charge in [-0.3, -0.25) is 19.4 Å². The molecule has 2 aliphatic carbocycles. The Morgan fingerprint density at radius 3 is 1.36 bits per heavy atom. The maximum atomic E-state index is 12.0. The zero-order chi connectivity index (χ0) is 45.4. The molecule has 2 N–H and O–H groups in total. The van der Waals surface area contributed by atoms with E-state index in [1.165, 1.54) is 36.8 Å². The van der Waals surface area contributed by atoms with Crippen molar-refractivity contribution in [2.45, 2.75) is 151 Å². The van der Waals surface area contributed by atoms with E-state index in [4.69, 9.17) is 29.3 Å². The molecule has 0 spiro atoms. The molecule has 2 saturated carbocycles. The number of carbonyl (C=O) groups excluding carboxylic acids is 1. The second kappa shape index (κ2) is 23.9. The minimum Gasteiger partial charge on any atom is -0.870 e. The third-order valence-electron chi connectivity index (χ3n) is 14.5. The van der Waals surface area contributed by atoms with Gasteiger partial charge in [0.2, 0.25) is 11.8 Å². The van der Waals surface area contributed by atoms with Crippen LogP contribution < -0.4 is 28.3 Å². The van der Waals surface area contributed by atoms with Gasteiger partial charge in [0, 0.05) is 13.1 Å². The van der Waals surface area contributed by atoms with Crippen molar-refractivity contribution in [1.82, 2.24) is 29.7 Å². The summed E-state index contributed by atoms with van der Waals surface area (Å²) in [7, 11) is 0. The van der Waals surface area contributed by atoms with Crippen molar-refractivity contribution in [2.24, 2.45) is 34.5 Å². The Morgan fingerprint density at radius 1 is 0.606 bits per heavy atom. The second-order valence-electron chi connectivity index (χ2n) is 21.2. The van der Waals surface area contributed by atoms with Crippen LogP contribution in [0.1, 0.15) is 137 Å². The number of likely N-dealkylation sites (tertiary alicyclic amines) is 2. The maximum absolute atomic E-state index is 12.0. The third kappa shape index (κ3) is 14.8. The number of piperidine rings is 2. The van der Waals surface area contributed by atoms with Crippen LogP contribution in [0, 0.1) is 34.5 Å². The Hall–Kier alpha value is -3.86. The molecule has 8 rings (SSSR count). The van der Waals surface area contributed by atoms with Crippen molar-refractivity contribution < 1.29 is 53.2 Å². The number of aliphatic carboxylic acids is 1. The third-order valence-corrected chi connectivity index (χ3v) is 14.5. The molecule has 14 heteroatoms. The van der Waals surface area contributed by atoms with Gasteiger partial charge in [0.15, 0.2) is 0 Å². The average Bonchev–Trinajstić information content (AvgIpc) is 3.27. The number of fused-ring (bicyclic) bond motifs is 2. The molecule has 2 aromatic carbocycles. The Labute approximate surface area is 405 Å². The normalized spacial score (nSPS) is 22.6. The summed E-state index contributed by atoms with van der Waals surface area (Å²) in [6.45, 7) is 21.5. The van der Waals surface area contributed by atoms with Crippen molar-refractivity contribution in [3.05, 3.63) is 59.9 Å². The molecule has 4 fully saturated rings. The Balaban J connectivity index is 0.000000241. The number of esters is 1. The molecule has 356 valence electrons. The van der Waals surface area contributed by atoms with Gasteiger partial charge < -0.3 is 24.8 Å². The van der Waals surface area contributed by atoms with Crippen LogP contribution in [-0.4, -0.2) is 97.3 Å². The van der Waals surface area contributed by atoms with Crippen LogP contribution in [0.4, 0.5) is 0 Å². The number of benzene rings is 2. The number of carbonyl (C=O) groups is 2. The number of nitrogens with zero attached hydrogens (tertiary/aromatic N) is 6. The van der Waals surface area contributed by atoms with Gasteiger partial charge in [0.05, 0.1) is 52.9 Å². The number of carboxylic acids is 1. The van der Waals surface area contributed by atoms with Crippen LogP contribution in [-0.2, 0) is 27.4 Å². The van der Waals surface area contributed by atoms with Crippen LogP contribution in [0.2, 0.25) is 0 Å². The summed E-state index contributed by atoms with van der Waals surface area (Å²) in [4.78, 5) is 46.5. The number of hydrogen-bond acceptors (Lipinski definition) is 12. The predicted molar refractivity (Wildman–Crippen MR) is 253 cm³/mol. The SMILES string of the molecule is CC(C)(C)C1CCC(Oc2cnc3cc(CN4CCC(C(=O)O)CC4)ccc3n2)CC1.CCOC(=O)C1CCN(Cc2ccc3nc(OC4CCC(C(C)(C)C)CC4)cnc3c2)CC1.[Li+].[OH-]. The van der Waals surface area contributed by atoms with E-state index < -0.39 is 5.97 Å². The summed E-state index contributed by atoms with van der Waals surface area (Å²) in [6, 6.07) is 12.5. The van der Waals surface area contributed by atoms with Crippen molar-refractivity contribution >= 4 is 34.0 Å². The minimum absolute atomic E-state index is 0. The van der Waals surface area contributed by atoms with Gasteiger partial charge in [-0.25, -0.2) is 19.9 Å². The van der Waals surface area contributed by atoms with Gasteiger partial charge in [0.1, 0.15) is 12.2 Å². The first-order valence-corrected chi connectivity index (χ1v) is 24.3. The van der Waals surface area contributed by atoms with Gasteiger partial charge in [-0.1, -0.05) is 53.7 Å². The van der Waals surface area contributed by atoms with Crippen molar-refractivity contribution in [3.63, 3.8) is 0 Å². The van der Waals surface area contributed by atoms with Crippen LogP contribution >= 0.6 is 0 Å². The molecular formula is C52H75LiN6O7. The quantitative estimate of drug-likeness (QED) is 0.119. The van der Waals surface area contributed by atoms with E-state index in [0.29, 0.717) is 29.2 Å². The summed E-state index contributed by atoms with van der Waals surface area (Å²) >= 11 is 0. The molecule has 4 aliphatic rings. The van der Waals surface area contributed by atoms with E-state index in [1.54, 1.807) is 12.4 Å². The summed E-state index contributed by atoms with van der Waals surface area (Å²) in [6.07, 6.45) is 16.4. The number of aromatic nitrogens is 4. The monoisotopic (exact) mass is 903 g/mol. The number of rotatable bonds is 11. The summed E-state index contributed by atoms with van der Waals surface area (Å²) in [5, 5.41) is 9.16. The number of ether oxygens (including phenoxy) is 3. The Kier molecular flexibility index (Phi) is 19.2. The Morgan fingerprint density at radius 2 is 1.00 bits per heavy atom. The molecule has 0 bridgehead atoms. The first-order chi connectivity index (χ1) is 30.6. The largest absolute Gasteiger partial charge is 1.00 e. The van der Waals surface area contributed by atoms with Gasteiger partial charge in [-0.15, -0.1) is 0 Å². The van der Waals surface area contributed by atoms with Gasteiger partial charge in [-0.05, 0) is 168 Å². The zero-order valence-corrected chi connectivity index (χ0v) is 41.1. The first-order valence-electron chi connectivity index (χ1n) is 24.3. The predicted octanol–water partition coefficient (Wildman–Crippen LogP) is 7.13. The molecule has 2 aromatic heterocycles. The second-order valence-corrected chi connectivity index (χ2v) is 21.2. The Bertz CT molecular complexity index is 2160. The van der Waals surface area contributed by atoms with E-state index in [0.717, 1.165) is 125 Å². The van der Waals surface area contributed by atoms with Crippen molar-refractivity contribution in [1.29, 1.82) is 0 Å². The van der Waals surface area contributed by atoms with Crippen molar-refractivity contribution in [2.75, 3.05) is 32.8 Å². The summed E-state index contributed by atoms with van der Waals surface area (Å²) < 4.78 is 17.6. The fourth-order valence-corrected chi connectivity index (χ4v) is 10.3. The van der Waals surface area contributed by atoms with E-state index in [2.05, 4.69) is 85.6 Å². The molecular weight excluding hydrogens is 828 g/mol. The van der Waals surface area contributed by atoms with E-state index in [9.17, 15) is 9.59 Å². The molecule has 66 heavy (non-hydrogen) atoms. The van der Waals surface area contributed by atoms with Gasteiger partial charge >= 0.3 is 30.8 Å². The smallest absolute Gasteiger partial charge is 0.870 e. The molecule has 13 nitrogen and oxygen atoms in total. The van der Waals surface area contributed by atoms with E-state index >= 15 is 0 Å². The minimum atomic E-state index is -0.666. The zero-order valence-electron chi connectivity index (χ0n) is 41.1. The molecule has 2 aliphatic heterocycles. The van der Waals surface area contributed by atoms with Crippen LogP contribution in [0.15, 0.2) is 48.8 Å². The van der Waals surface area contributed by atoms with Crippen LogP contribution in [0.25, 0.3) is 22.1 Å². The summed E-state index contributed by atoms with van der Waals surface area (Å²) in [5.41, 5.74) is 6.67. The average molecular weight is 903 g/mol. The fraction of sp³-hybridized carbons (Fsp3) is 0.654. The number of carboxylic acid groups (broad SMARTS) is 1. The standard InChI is InChI=1S/C27H39N3O3.C25H35N3O3.Li.H2O/c1-5-32-26(31)20-12-14-30(15-13-20)18-19-6-11-23-24(16-19)28-17-25(29-23)33-22-9-7-21(8-10-22)27(2,3)4;1-25(2,3)19-5-7-20(8-6-19)31-23-15-26-22-14-17(4-9-21(22)27-23)16-28-12-10-18(11-13-28)24(29)30;;/h6,11,16-17,20-22H,5,7-10,12-15,18H2,1-4H3;4,9,14-15,18-20H,5-8,10-13,16H2,1-3H3,(H,29,30);;1H2/q;;+1;/p-1.